The van der Waals surface area contributed by atoms with Gasteiger partial charge in [-0.1, -0.05) is 67.6 Å². The molecule has 0 aliphatic carbocycles. The largest absolute Gasteiger partial charge is 0.363 e. The van der Waals surface area contributed by atoms with Crippen molar-refractivity contribution in [2.75, 3.05) is 33.1 Å². The summed E-state index contributed by atoms with van der Waals surface area (Å²) in [5, 5.41) is 0. The van der Waals surface area contributed by atoms with Crippen LogP contribution in [0.1, 0.15) is 29.8 Å². The highest BCUT2D eigenvalue weighted by Gasteiger charge is 2.25. The van der Waals surface area contributed by atoms with Gasteiger partial charge in [0.1, 0.15) is 11.5 Å². The molecule has 2 aromatic carbocycles. The second kappa shape index (κ2) is 17.7. The summed E-state index contributed by atoms with van der Waals surface area (Å²) < 4.78 is 2.09. The zero-order valence-corrected chi connectivity index (χ0v) is 33.2. The normalized spacial score (nSPS) is 12.9. The number of hydrogen-bond donors (Lipinski definition) is 0. The van der Waals surface area contributed by atoms with Crippen molar-refractivity contribution in [1.29, 1.82) is 0 Å². The molecule has 1 aliphatic heterocycles. The first-order valence-corrected chi connectivity index (χ1v) is 18.9. The van der Waals surface area contributed by atoms with E-state index in [1.54, 1.807) is 12.4 Å². The molecule has 57 heavy (non-hydrogen) atoms. The van der Waals surface area contributed by atoms with Crippen LogP contribution in [0.5, 0.6) is 0 Å². The summed E-state index contributed by atoms with van der Waals surface area (Å²) in [5.41, 5.74) is 11.8. The molecule has 0 saturated heterocycles. The van der Waals surface area contributed by atoms with Crippen LogP contribution in [0.3, 0.4) is 0 Å². The van der Waals surface area contributed by atoms with Crippen LogP contribution in [0.15, 0.2) is 157 Å². The van der Waals surface area contributed by atoms with E-state index >= 15 is 0 Å². The molecular weight excluding hydrogens is 705 g/mol. The Bertz CT molecular complexity index is 2540. The van der Waals surface area contributed by atoms with Crippen LogP contribution in [-0.2, 0) is 13.6 Å². The number of nitrogens with zero attached hydrogens (tertiary/aromatic N) is 10. The van der Waals surface area contributed by atoms with Crippen molar-refractivity contribution >= 4 is 28.3 Å². The third-order valence-electron chi connectivity index (χ3n) is 9.41. The molecule has 6 aromatic heterocycles. The zero-order chi connectivity index (χ0) is 39.7. The number of pyridine rings is 5. The molecule has 0 bridgehead atoms. The first-order valence-electron chi connectivity index (χ1n) is 18.9. The fourth-order valence-electron chi connectivity index (χ4n) is 6.56. The SMILES string of the molecule is CC1C(c2cccc(-c3nc4ccccc4n3C)n2)=Nc2ccccc21.CN(C)Cc1cccc(N(C)C)n1.c1ccc(-c2cccc(-c3ccccn3)n2)nc1. The highest BCUT2D eigenvalue weighted by atomic mass is 15.1. The number of anilines is 1. The van der Waals surface area contributed by atoms with Gasteiger partial charge in [0.15, 0.2) is 5.82 Å². The smallest absolute Gasteiger partial charge is 0.159 e. The average Bonchev–Trinajstić information content (AvgIpc) is 3.78. The molecule has 0 spiro atoms. The summed E-state index contributed by atoms with van der Waals surface area (Å²) in [6, 6.07) is 46.1. The standard InChI is InChI=1S/C22H18N4.C15H11N3.C10H17N3/c1-14-15-8-3-4-9-16(15)24-21(14)18-11-7-12-19(23-18)22-25-17-10-5-6-13-20(17)26(22)2;1-3-10-16-12(6-1)14-8-5-9-15(18-14)13-7-2-4-11-17-13;1-12(2)8-9-6-5-7-10(11-9)13(3)4/h3-14H,1-2H3;1-11H;5-7H,8H2,1-4H3. The Morgan fingerprint density at radius 1 is 0.544 bits per heavy atom. The second-order valence-electron chi connectivity index (χ2n) is 14.1. The van der Waals surface area contributed by atoms with E-state index < -0.39 is 0 Å². The third-order valence-corrected chi connectivity index (χ3v) is 9.41. The molecule has 1 atom stereocenters. The van der Waals surface area contributed by atoms with Crippen LogP contribution in [0.2, 0.25) is 0 Å². The zero-order valence-electron chi connectivity index (χ0n) is 33.2. The van der Waals surface area contributed by atoms with E-state index in [9.17, 15) is 0 Å². The van der Waals surface area contributed by atoms with Crippen molar-refractivity contribution in [3.63, 3.8) is 0 Å². The minimum atomic E-state index is 0.245. The van der Waals surface area contributed by atoms with Crippen LogP contribution in [-0.4, -0.2) is 73.3 Å². The van der Waals surface area contributed by atoms with Gasteiger partial charge in [0.25, 0.3) is 0 Å². The topological polar surface area (TPSA) is 101 Å². The Kier molecular flexibility index (Phi) is 11.9. The molecule has 9 rings (SSSR count). The van der Waals surface area contributed by atoms with E-state index in [0.717, 1.165) is 80.5 Å². The lowest BCUT2D eigenvalue weighted by Crippen LogP contribution is -2.15. The predicted octanol–water partition coefficient (Wildman–Crippen LogP) is 9.29. The molecule has 284 valence electrons. The number of benzene rings is 2. The van der Waals surface area contributed by atoms with Crippen LogP contribution >= 0.6 is 0 Å². The highest BCUT2D eigenvalue weighted by Crippen LogP contribution is 2.37. The minimum Gasteiger partial charge on any atom is -0.363 e. The van der Waals surface area contributed by atoms with Gasteiger partial charge < -0.3 is 14.4 Å². The van der Waals surface area contributed by atoms with Gasteiger partial charge in [0.05, 0.1) is 56.6 Å². The Balaban J connectivity index is 0.000000140. The van der Waals surface area contributed by atoms with Crippen LogP contribution in [0.25, 0.3) is 45.3 Å². The summed E-state index contributed by atoms with van der Waals surface area (Å²) in [7, 11) is 10.1. The van der Waals surface area contributed by atoms with Crippen LogP contribution in [0, 0.1) is 0 Å². The maximum Gasteiger partial charge on any atom is 0.159 e. The number of hydrogen-bond acceptors (Lipinski definition) is 9. The molecule has 0 saturated carbocycles. The highest BCUT2D eigenvalue weighted by molar-refractivity contribution is 6.08. The van der Waals surface area contributed by atoms with Crippen molar-refractivity contribution in [3.05, 3.63) is 169 Å². The number of aromatic nitrogens is 7. The lowest BCUT2D eigenvalue weighted by Gasteiger charge is -2.14. The van der Waals surface area contributed by atoms with E-state index in [0.29, 0.717) is 0 Å². The van der Waals surface area contributed by atoms with Gasteiger partial charge in [-0.2, -0.15) is 0 Å². The van der Waals surface area contributed by atoms with E-state index in [1.165, 1.54) is 5.56 Å². The van der Waals surface area contributed by atoms with Gasteiger partial charge in [0.2, 0.25) is 0 Å². The minimum absolute atomic E-state index is 0.245. The number of imidazole rings is 1. The Labute approximate surface area is 334 Å². The summed E-state index contributed by atoms with van der Waals surface area (Å²) in [4.78, 5) is 36.3. The number of aliphatic imine (C=N–C) groups is 1. The molecule has 0 radical (unpaired) electrons. The molecule has 0 N–H and O–H groups in total. The van der Waals surface area contributed by atoms with Crippen LogP contribution < -0.4 is 4.90 Å². The Morgan fingerprint density at radius 3 is 1.75 bits per heavy atom. The number of rotatable bonds is 7. The van der Waals surface area contributed by atoms with Gasteiger partial charge in [-0.15, -0.1) is 0 Å². The number of para-hydroxylation sites is 3. The quantitative estimate of drug-likeness (QED) is 0.159. The van der Waals surface area contributed by atoms with E-state index in [2.05, 4.69) is 60.6 Å². The summed E-state index contributed by atoms with van der Waals surface area (Å²) in [6.45, 7) is 3.08. The fraction of sp³-hybridized carbons (Fsp3) is 0.170. The van der Waals surface area contributed by atoms with Crippen molar-refractivity contribution < 1.29 is 0 Å². The molecule has 10 nitrogen and oxygen atoms in total. The second-order valence-corrected chi connectivity index (χ2v) is 14.1. The van der Waals surface area contributed by atoms with Gasteiger partial charge in [-0.05, 0) is 98.5 Å². The van der Waals surface area contributed by atoms with Crippen molar-refractivity contribution in [1.82, 2.24) is 39.4 Å². The van der Waals surface area contributed by atoms with Gasteiger partial charge >= 0.3 is 0 Å². The van der Waals surface area contributed by atoms with E-state index in [1.807, 2.05) is 155 Å². The summed E-state index contributed by atoms with van der Waals surface area (Å²) in [6.07, 6.45) is 3.54. The molecule has 0 amide bonds. The van der Waals surface area contributed by atoms with Gasteiger partial charge in [-0.3, -0.25) is 15.0 Å². The average molecular weight is 751 g/mol. The van der Waals surface area contributed by atoms with Crippen LogP contribution in [0.4, 0.5) is 11.5 Å². The molecule has 7 heterocycles. The lowest BCUT2D eigenvalue weighted by molar-refractivity contribution is 0.397. The monoisotopic (exact) mass is 750 g/mol. The Morgan fingerprint density at radius 2 is 1.12 bits per heavy atom. The van der Waals surface area contributed by atoms with Crippen molar-refractivity contribution in [2.45, 2.75) is 19.4 Å². The van der Waals surface area contributed by atoms with Crippen molar-refractivity contribution in [2.24, 2.45) is 12.0 Å². The van der Waals surface area contributed by atoms with E-state index in [4.69, 9.17) is 15.0 Å². The molecule has 8 aromatic rings. The molecule has 1 unspecified atom stereocenters. The first-order chi connectivity index (χ1) is 27.7. The number of aryl methyl sites for hydroxylation is 1. The van der Waals surface area contributed by atoms with E-state index in [-0.39, 0.29) is 5.92 Å². The third kappa shape index (κ3) is 9.15. The summed E-state index contributed by atoms with van der Waals surface area (Å²) in [5.74, 6) is 2.13. The predicted molar refractivity (Wildman–Crippen MR) is 232 cm³/mol. The molecular formula is C47H46N10. The van der Waals surface area contributed by atoms with Gasteiger partial charge in [0, 0.05) is 46.0 Å². The lowest BCUT2D eigenvalue weighted by atomic mass is 9.96. The molecule has 10 heteroatoms. The Hall–Kier alpha value is -6.91. The van der Waals surface area contributed by atoms with Crippen molar-refractivity contribution in [3.8, 4) is 34.3 Å². The maximum atomic E-state index is 4.90. The fourth-order valence-corrected chi connectivity index (χ4v) is 6.56. The maximum absolute atomic E-state index is 4.90. The van der Waals surface area contributed by atoms with Gasteiger partial charge in [-0.25, -0.2) is 19.9 Å². The summed E-state index contributed by atoms with van der Waals surface area (Å²) >= 11 is 0. The number of fused-ring (bicyclic) bond motifs is 2. The molecule has 1 aliphatic rings. The molecule has 0 fully saturated rings. The first kappa shape index (κ1) is 38.4.